The maximum atomic E-state index is 12.3. The number of hydrogen-bond donors (Lipinski definition) is 1. The van der Waals surface area contributed by atoms with Gasteiger partial charge < -0.3 is 15.2 Å². The van der Waals surface area contributed by atoms with Crippen LogP contribution in [0.25, 0.3) is 0 Å². The van der Waals surface area contributed by atoms with Crippen molar-refractivity contribution in [3.63, 3.8) is 0 Å². The molecule has 2 N–H and O–H groups in total. The number of rotatable bonds is 2. The Labute approximate surface area is 119 Å². The zero-order valence-electron chi connectivity index (χ0n) is 12.4. The molecule has 1 aliphatic rings. The van der Waals surface area contributed by atoms with Crippen molar-refractivity contribution in [1.29, 1.82) is 0 Å². The first-order valence-electron chi connectivity index (χ1n) is 7.01. The summed E-state index contributed by atoms with van der Waals surface area (Å²) in [6.45, 7) is 8.23. The van der Waals surface area contributed by atoms with Crippen LogP contribution in [-0.2, 0) is 11.3 Å². The Bertz CT molecular complexity index is 557. The second-order valence-corrected chi connectivity index (χ2v) is 6.62. The normalized spacial score (nSPS) is 19.4. The Morgan fingerprint density at radius 2 is 2.10 bits per heavy atom. The molecular formula is C15H23N3O2. The lowest BCUT2D eigenvalue weighted by Gasteiger charge is -2.27. The first-order chi connectivity index (χ1) is 9.27. The summed E-state index contributed by atoms with van der Waals surface area (Å²) >= 11 is 0. The standard InChI is InChI=1S/C15H23N3O2/c1-15(2,3)11-6-7-17(8-11)14(20)10-18-9-12(16)4-5-13(18)19/h4-5,9,11H,6-8,10,16H2,1-3H3. The second-order valence-electron chi connectivity index (χ2n) is 6.62. The fraction of sp³-hybridized carbons (Fsp3) is 0.600. The van der Waals surface area contributed by atoms with Crippen molar-refractivity contribution in [3.05, 3.63) is 28.7 Å². The van der Waals surface area contributed by atoms with Crippen LogP contribution in [0.15, 0.2) is 23.1 Å². The molecule has 0 aromatic carbocycles. The Morgan fingerprint density at radius 1 is 1.40 bits per heavy atom. The van der Waals surface area contributed by atoms with E-state index < -0.39 is 0 Å². The van der Waals surface area contributed by atoms with E-state index in [1.54, 1.807) is 6.07 Å². The molecule has 1 aromatic rings. The highest BCUT2D eigenvalue weighted by atomic mass is 16.2. The molecule has 1 saturated heterocycles. The monoisotopic (exact) mass is 277 g/mol. The van der Waals surface area contributed by atoms with Crippen LogP contribution in [0.4, 0.5) is 5.69 Å². The quantitative estimate of drug-likeness (QED) is 0.886. The molecule has 1 aliphatic heterocycles. The summed E-state index contributed by atoms with van der Waals surface area (Å²) in [5.41, 5.74) is 6.16. The first-order valence-corrected chi connectivity index (χ1v) is 7.01. The molecule has 5 heteroatoms. The van der Waals surface area contributed by atoms with Crippen LogP contribution in [0.2, 0.25) is 0 Å². The van der Waals surface area contributed by atoms with Gasteiger partial charge in [-0.25, -0.2) is 0 Å². The predicted octanol–water partition coefficient (Wildman–Crippen LogP) is 1.33. The zero-order valence-corrected chi connectivity index (χ0v) is 12.4. The molecule has 110 valence electrons. The van der Waals surface area contributed by atoms with E-state index >= 15 is 0 Å². The molecule has 1 atom stereocenters. The van der Waals surface area contributed by atoms with E-state index in [0.29, 0.717) is 11.6 Å². The van der Waals surface area contributed by atoms with E-state index in [1.165, 1.54) is 16.8 Å². The second kappa shape index (κ2) is 5.31. The van der Waals surface area contributed by atoms with Crippen LogP contribution in [0.1, 0.15) is 27.2 Å². The number of pyridine rings is 1. The topological polar surface area (TPSA) is 68.3 Å². The molecule has 0 radical (unpaired) electrons. The van der Waals surface area contributed by atoms with Crippen LogP contribution in [0.5, 0.6) is 0 Å². The smallest absolute Gasteiger partial charge is 0.251 e. The molecule has 20 heavy (non-hydrogen) atoms. The molecule has 0 aliphatic carbocycles. The number of nitrogen functional groups attached to an aromatic ring is 1. The highest BCUT2D eigenvalue weighted by Crippen LogP contribution is 2.33. The Hall–Kier alpha value is -1.78. The fourth-order valence-corrected chi connectivity index (χ4v) is 2.61. The van der Waals surface area contributed by atoms with Crippen LogP contribution >= 0.6 is 0 Å². The van der Waals surface area contributed by atoms with E-state index in [-0.39, 0.29) is 23.4 Å². The number of nitrogens with two attached hydrogens (primary N) is 1. The number of anilines is 1. The summed E-state index contributed by atoms with van der Waals surface area (Å²) in [7, 11) is 0. The molecule has 2 rings (SSSR count). The molecule has 1 fully saturated rings. The summed E-state index contributed by atoms with van der Waals surface area (Å²) in [6.07, 6.45) is 2.55. The van der Waals surface area contributed by atoms with Crippen molar-refractivity contribution >= 4 is 11.6 Å². The lowest BCUT2D eigenvalue weighted by Crippen LogP contribution is -2.36. The van der Waals surface area contributed by atoms with Crippen molar-refractivity contribution in [3.8, 4) is 0 Å². The van der Waals surface area contributed by atoms with Gasteiger partial charge in [0.1, 0.15) is 6.54 Å². The van der Waals surface area contributed by atoms with Gasteiger partial charge in [0.15, 0.2) is 0 Å². The van der Waals surface area contributed by atoms with E-state index in [1.807, 2.05) is 4.90 Å². The molecule has 1 aromatic heterocycles. The molecule has 0 spiro atoms. The van der Waals surface area contributed by atoms with Gasteiger partial charge in [-0.05, 0) is 23.8 Å². The minimum Gasteiger partial charge on any atom is -0.398 e. The maximum absolute atomic E-state index is 12.3. The first kappa shape index (κ1) is 14.6. The van der Waals surface area contributed by atoms with Crippen molar-refractivity contribution in [1.82, 2.24) is 9.47 Å². The van der Waals surface area contributed by atoms with Gasteiger partial charge in [-0.2, -0.15) is 0 Å². The van der Waals surface area contributed by atoms with Crippen molar-refractivity contribution in [2.24, 2.45) is 11.3 Å². The number of amides is 1. The average Bonchev–Trinajstić information content (AvgIpc) is 2.83. The number of likely N-dealkylation sites (tertiary alicyclic amines) is 1. The summed E-state index contributed by atoms with van der Waals surface area (Å²) in [5.74, 6) is 0.508. The third-order valence-electron chi connectivity index (χ3n) is 4.08. The number of carbonyl (C=O) groups is 1. The molecule has 1 unspecified atom stereocenters. The van der Waals surface area contributed by atoms with Crippen molar-refractivity contribution in [2.45, 2.75) is 33.7 Å². The predicted molar refractivity (Wildman–Crippen MR) is 79.3 cm³/mol. The summed E-state index contributed by atoms with van der Waals surface area (Å²) < 4.78 is 1.38. The van der Waals surface area contributed by atoms with Gasteiger partial charge in [0, 0.05) is 31.0 Å². The van der Waals surface area contributed by atoms with Crippen molar-refractivity contribution in [2.75, 3.05) is 18.8 Å². The molecule has 2 heterocycles. The SMILES string of the molecule is CC(C)(C)C1CCN(C(=O)Cn2cc(N)ccc2=O)C1. The molecular weight excluding hydrogens is 254 g/mol. The van der Waals surface area contributed by atoms with E-state index in [2.05, 4.69) is 20.8 Å². The Balaban J connectivity index is 2.03. The van der Waals surface area contributed by atoms with Gasteiger partial charge in [-0.15, -0.1) is 0 Å². The van der Waals surface area contributed by atoms with Crippen LogP contribution < -0.4 is 11.3 Å². The Morgan fingerprint density at radius 3 is 2.70 bits per heavy atom. The third kappa shape index (κ3) is 3.21. The van der Waals surface area contributed by atoms with Crippen molar-refractivity contribution < 1.29 is 4.79 Å². The minimum atomic E-state index is -0.195. The lowest BCUT2D eigenvalue weighted by atomic mass is 9.80. The number of aromatic nitrogens is 1. The van der Waals surface area contributed by atoms with Gasteiger partial charge in [-0.1, -0.05) is 20.8 Å². The van der Waals surface area contributed by atoms with Gasteiger partial charge in [0.2, 0.25) is 5.91 Å². The van der Waals surface area contributed by atoms with E-state index in [0.717, 1.165) is 19.5 Å². The summed E-state index contributed by atoms with van der Waals surface area (Å²) in [6, 6.07) is 2.94. The average molecular weight is 277 g/mol. The number of nitrogens with zero attached hydrogens (tertiary/aromatic N) is 2. The van der Waals surface area contributed by atoms with Crippen LogP contribution in [-0.4, -0.2) is 28.5 Å². The Kier molecular flexibility index (Phi) is 3.88. The zero-order chi connectivity index (χ0) is 14.9. The lowest BCUT2D eigenvalue weighted by molar-refractivity contribution is -0.131. The molecule has 0 saturated carbocycles. The van der Waals surface area contributed by atoms with Gasteiger partial charge in [0.05, 0.1) is 0 Å². The minimum absolute atomic E-state index is 0.00977. The molecule has 1 amide bonds. The van der Waals surface area contributed by atoms with Gasteiger partial charge in [0.25, 0.3) is 5.56 Å². The number of carbonyl (C=O) groups excluding carboxylic acids is 1. The highest BCUT2D eigenvalue weighted by molar-refractivity contribution is 5.76. The van der Waals surface area contributed by atoms with Gasteiger partial charge in [-0.3, -0.25) is 9.59 Å². The van der Waals surface area contributed by atoms with Crippen LogP contribution in [0.3, 0.4) is 0 Å². The fourth-order valence-electron chi connectivity index (χ4n) is 2.61. The molecule has 0 bridgehead atoms. The largest absolute Gasteiger partial charge is 0.398 e. The highest BCUT2D eigenvalue weighted by Gasteiger charge is 2.33. The summed E-state index contributed by atoms with van der Waals surface area (Å²) in [5, 5.41) is 0. The molecule has 5 nitrogen and oxygen atoms in total. The van der Waals surface area contributed by atoms with Gasteiger partial charge >= 0.3 is 0 Å². The van der Waals surface area contributed by atoms with E-state index in [9.17, 15) is 9.59 Å². The van der Waals surface area contributed by atoms with Crippen LogP contribution in [0, 0.1) is 11.3 Å². The third-order valence-corrected chi connectivity index (χ3v) is 4.08. The van der Waals surface area contributed by atoms with E-state index in [4.69, 9.17) is 5.73 Å². The maximum Gasteiger partial charge on any atom is 0.251 e. The number of hydrogen-bond acceptors (Lipinski definition) is 3. The summed E-state index contributed by atoms with van der Waals surface area (Å²) in [4.78, 5) is 25.8.